The number of methoxy groups -OCH3 is 1. The maximum absolute atomic E-state index is 10.8. The Morgan fingerprint density at radius 1 is 1.50 bits per heavy atom. The number of nitrogens with one attached hydrogen (secondary N) is 1. The molecule has 5 heteroatoms. The molecule has 1 saturated heterocycles. The van der Waals surface area contributed by atoms with Crippen molar-refractivity contribution in [1.29, 1.82) is 0 Å². The molecule has 1 atom stereocenters. The number of carboxylic acids is 1. The van der Waals surface area contributed by atoms with Crippen molar-refractivity contribution in [2.75, 3.05) is 20.3 Å². The van der Waals surface area contributed by atoms with Crippen LogP contribution in [-0.4, -0.2) is 37.4 Å². The van der Waals surface area contributed by atoms with Gasteiger partial charge in [0.15, 0.2) is 11.5 Å². The quantitative estimate of drug-likeness (QED) is 0.830. The van der Waals surface area contributed by atoms with Crippen LogP contribution in [0.1, 0.15) is 23.2 Å². The first-order valence-corrected chi connectivity index (χ1v) is 5.98. The van der Waals surface area contributed by atoms with Crippen LogP contribution < -0.4 is 14.8 Å². The van der Waals surface area contributed by atoms with Gasteiger partial charge >= 0.3 is 5.97 Å². The first-order chi connectivity index (χ1) is 8.70. The standard InChI is InChI=1S/C13H17NO4/c1-17-12-7-9(13(15)16)4-5-11(12)18-8-10-3-2-6-14-10/h4-5,7,10,14H,2-3,6,8H2,1H3,(H,15,16)/t10-/m0/s1. The van der Waals surface area contributed by atoms with E-state index in [1.54, 1.807) is 6.07 Å². The Morgan fingerprint density at radius 2 is 2.33 bits per heavy atom. The smallest absolute Gasteiger partial charge is 0.335 e. The summed E-state index contributed by atoms with van der Waals surface area (Å²) in [4.78, 5) is 10.8. The van der Waals surface area contributed by atoms with Crippen molar-refractivity contribution in [2.24, 2.45) is 0 Å². The van der Waals surface area contributed by atoms with Crippen molar-refractivity contribution in [3.05, 3.63) is 23.8 Å². The highest BCUT2D eigenvalue weighted by Crippen LogP contribution is 2.28. The van der Waals surface area contributed by atoms with Gasteiger partial charge in [0, 0.05) is 6.04 Å². The first kappa shape index (κ1) is 12.7. The average Bonchev–Trinajstić information content (AvgIpc) is 2.89. The predicted octanol–water partition coefficient (Wildman–Crippen LogP) is 1.52. The van der Waals surface area contributed by atoms with Crippen molar-refractivity contribution < 1.29 is 19.4 Å². The highest BCUT2D eigenvalue weighted by atomic mass is 16.5. The van der Waals surface area contributed by atoms with Crippen LogP contribution in [0.5, 0.6) is 11.5 Å². The number of benzene rings is 1. The van der Waals surface area contributed by atoms with Gasteiger partial charge in [-0.15, -0.1) is 0 Å². The van der Waals surface area contributed by atoms with Crippen LogP contribution in [0, 0.1) is 0 Å². The normalized spacial score (nSPS) is 18.6. The molecule has 0 unspecified atom stereocenters. The lowest BCUT2D eigenvalue weighted by molar-refractivity contribution is 0.0696. The van der Waals surface area contributed by atoms with E-state index < -0.39 is 5.97 Å². The predicted molar refractivity (Wildman–Crippen MR) is 66.5 cm³/mol. The Hall–Kier alpha value is -1.75. The fourth-order valence-electron chi connectivity index (χ4n) is 2.01. The number of carbonyl (C=O) groups is 1. The molecule has 1 aromatic rings. The fraction of sp³-hybridized carbons (Fsp3) is 0.462. The average molecular weight is 251 g/mol. The van der Waals surface area contributed by atoms with Crippen LogP contribution >= 0.6 is 0 Å². The Balaban J connectivity index is 2.04. The third kappa shape index (κ3) is 2.92. The van der Waals surface area contributed by atoms with Crippen molar-refractivity contribution in [1.82, 2.24) is 5.32 Å². The number of hydrogen-bond acceptors (Lipinski definition) is 4. The summed E-state index contributed by atoms with van der Waals surface area (Å²) in [7, 11) is 1.50. The third-order valence-electron chi connectivity index (χ3n) is 3.01. The van der Waals surface area contributed by atoms with E-state index in [2.05, 4.69) is 5.32 Å². The molecule has 1 aliphatic rings. The van der Waals surface area contributed by atoms with E-state index in [9.17, 15) is 4.79 Å². The van der Waals surface area contributed by atoms with Gasteiger partial charge in [0.1, 0.15) is 6.61 Å². The van der Waals surface area contributed by atoms with Crippen LogP contribution in [0.15, 0.2) is 18.2 Å². The summed E-state index contributed by atoms with van der Waals surface area (Å²) in [5.74, 6) is 0.0569. The van der Waals surface area contributed by atoms with Crippen molar-refractivity contribution in [3.8, 4) is 11.5 Å². The van der Waals surface area contributed by atoms with Gasteiger partial charge in [-0.25, -0.2) is 4.79 Å². The molecule has 2 rings (SSSR count). The summed E-state index contributed by atoms with van der Waals surface area (Å²) >= 11 is 0. The van der Waals surface area contributed by atoms with E-state index in [0.29, 0.717) is 24.1 Å². The summed E-state index contributed by atoms with van der Waals surface area (Å²) in [6.07, 6.45) is 2.28. The molecule has 2 N–H and O–H groups in total. The lowest BCUT2D eigenvalue weighted by atomic mass is 10.2. The molecular weight excluding hydrogens is 234 g/mol. The molecule has 0 bridgehead atoms. The van der Waals surface area contributed by atoms with Gasteiger partial charge in [0.2, 0.25) is 0 Å². The topological polar surface area (TPSA) is 67.8 Å². The summed E-state index contributed by atoms with van der Waals surface area (Å²) in [6.45, 7) is 1.60. The Labute approximate surface area is 106 Å². The highest BCUT2D eigenvalue weighted by molar-refractivity contribution is 5.88. The van der Waals surface area contributed by atoms with E-state index in [0.717, 1.165) is 13.0 Å². The Kier molecular flexibility index (Phi) is 4.04. The number of hydrogen-bond donors (Lipinski definition) is 2. The molecule has 0 radical (unpaired) electrons. The van der Waals surface area contributed by atoms with Gasteiger partial charge in [0.25, 0.3) is 0 Å². The molecule has 18 heavy (non-hydrogen) atoms. The number of carboxylic acid groups (broad SMARTS) is 1. The largest absolute Gasteiger partial charge is 0.493 e. The van der Waals surface area contributed by atoms with E-state index in [1.165, 1.54) is 25.7 Å². The fourth-order valence-corrected chi connectivity index (χ4v) is 2.01. The van der Waals surface area contributed by atoms with Crippen LogP contribution in [0.25, 0.3) is 0 Å². The van der Waals surface area contributed by atoms with Crippen molar-refractivity contribution in [2.45, 2.75) is 18.9 Å². The molecule has 0 spiro atoms. The summed E-state index contributed by atoms with van der Waals surface area (Å²) < 4.78 is 10.8. The van der Waals surface area contributed by atoms with Gasteiger partial charge in [-0.1, -0.05) is 0 Å². The first-order valence-electron chi connectivity index (χ1n) is 5.98. The molecule has 0 aliphatic carbocycles. The second kappa shape index (κ2) is 5.73. The van der Waals surface area contributed by atoms with E-state index in [1.807, 2.05) is 0 Å². The summed E-state index contributed by atoms with van der Waals surface area (Å²) in [5, 5.41) is 12.2. The Morgan fingerprint density at radius 3 is 2.94 bits per heavy atom. The second-order valence-electron chi connectivity index (χ2n) is 4.28. The summed E-state index contributed by atoms with van der Waals surface area (Å²) in [5.41, 5.74) is 0.193. The van der Waals surface area contributed by atoms with E-state index >= 15 is 0 Å². The maximum atomic E-state index is 10.8. The molecule has 98 valence electrons. The zero-order chi connectivity index (χ0) is 13.0. The van der Waals surface area contributed by atoms with Gasteiger partial charge in [-0.2, -0.15) is 0 Å². The van der Waals surface area contributed by atoms with Crippen LogP contribution in [-0.2, 0) is 0 Å². The molecule has 1 aromatic carbocycles. The van der Waals surface area contributed by atoms with Gasteiger partial charge < -0.3 is 19.9 Å². The number of aromatic carboxylic acids is 1. The second-order valence-corrected chi connectivity index (χ2v) is 4.28. The van der Waals surface area contributed by atoms with Gasteiger partial charge in [0.05, 0.1) is 12.7 Å². The minimum atomic E-state index is -0.975. The minimum absolute atomic E-state index is 0.193. The molecule has 0 aromatic heterocycles. The Bertz CT molecular complexity index is 427. The van der Waals surface area contributed by atoms with Crippen molar-refractivity contribution in [3.63, 3.8) is 0 Å². The van der Waals surface area contributed by atoms with Crippen LogP contribution in [0.4, 0.5) is 0 Å². The summed E-state index contributed by atoms with van der Waals surface area (Å²) in [6, 6.07) is 4.99. The molecule has 1 heterocycles. The lowest BCUT2D eigenvalue weighted by Gasteiger charge is -2.14. The number of ether oxygens (including phenoxy) is 2. The van der Waals surface area contributed by atoms with Crippen LogP contribution in [0.2, 0.25) is 0 Å². The lowest BCUT2D eigenvalue weighted by Crippen LogP contribution is -2.28. The molecular formula is C13H17NO4. The van der Waals surface area contributed by atoms with Crippen molar-refractivity contribution >= 4 is 5.97 Å². The molecule has 1 fully saturated rings. The molecule has 0 amide bonds. The van der Waals surface area contributed by atoms with E-state index in [4.69, 9.17) is 14.6 Å². The zero-order valence-corrected chi connectivity index (χ0v) is 10.3. The molecule has 1 aliphatic heterocycles. The third-order valence-corrected chi connectivity index (χ3v) is 3.01. The molecule has 0 saturated carbocycles. The molecule has 5 nitrogen and oxygen atoms in total. The SMILES string of the molecule is COc1cc(C(=O)O)ccc1OC[C@@H]1CCCN1. The minimum Gasteiger partial charge on any atom is -0.493 e. The highest BCUT2D eigenvalue weighted by Gasteiger charge is 2.16. The number of rotatable bonds is 5. The zero-order valence-electron chi connectivity index (χ0n) is 10.3. The van der Waals surface area contributed by atoms with Gasteiger partial charge in [-0.05, 0) is 37.6 Å². The van der Waals surface area contributed by atoms with Gasteiger partial charge in [-0.3, -0.25) is 0 Å². The van der Waals surface area contributed by atoms with E-state index in [-0.39, 0.29) is 5.56 Å². The maximum Gasteiger partial charge on any atom is 0.335 e. The monoisotopic (exact) mass is 251 g/mol. The van der Waals surface area contributed by atoms with Crippen LogP contribution in [0.3, 0.4) is 0 Å².